The molecule has 0 saturated heterocycles. The number of thioether (sulfide) groups is 1. The second kappa shape index (κ2) is 8.89. The number of ether oxygens (including phenoxy) is 3. The van der Waals surface area contributed by atoms with Crippen molar-refractivity contribution in [2.45, 2.75) is 37.8 Å². The van der Waals surface area contributed by atoms with Crippen LogP contribution in [0.1, 0.15) is 23.9 Å². The van der Waals surface area contributed by atoms with Gasteiger partial charge in [0.05, 0.1) is 5.25 Å². The molecule has 1 N–H and O–H groups in total. The van der Waals surface area contributed by atoms with Gasteiger partial charge in [0.15, 0.2) is 22.5 Å². The van der Waals surface area contributed by atoms with Gasteiger partial charge in [-0.25, -0.2) is 0 Å². The predicted octanol–water partition coefficient (Wildman–Crippen LogP) is 3.86. The van der Waals surface area contributed by atoms with Crippen molar-refractivity contribution in [1.29, 1.82) is 0 Å². The van der Waals surface area contributed by atoms with Crippen LogP contribution in [0.25, 0.3) is 0 Å². The third-order valence-electron chi connectivity index (χ3n) is 4.90. The lowest BCUT2D eigenvalue weighted by atomic mass is 10.1. The molecule has 0 bridgehead atoms. The Hall–Kier alpha value is -3.20. The highest BCUT2D eigenvalue weighted by Crippen LogP contribution is 2.34. The second-order valence-electron chi connectivity index (χ2n) is 7.33. The van der Waals surface area contributed by atoms with Crippen LogP contribution in [0.3, 0.4) is 0 Å². The topological polar surface area (TPSA) is 87.5 Å². The largest absolute Gasteiger partial charge is 0.485 e. The molecule has 2 heterocycles. The number of aryl methyl sites for hydroxylation is 2. The number of aromatic nitrogens is 3. The standard InChI is InChI=1S/C22H24N4O4S/c1-13-5-7-17(14(2)9-13)28-11-20-24-25-22(26(20)4)31-15(3)21(27)23-16-6-8-18-19(10-16)30-12-29-18/h5-10,15H,11-12H2,1-4H3,(H,23,27)/t15-/m1/s1. The summed E-state index contributed by atoms with van der Waals surface area (Å²) in [7, 11) is 1.87. The number of hydrogen-bond acceptors (Lipinski definition) is 7. The van der Waals surface area contributed by atoms with Crippen LogP contribution in [0, 0.1) is 13.8 Å². The van der Waals surface area contributed by atoms with E-state index in [1.807, 2.05) is 44.5 Å². The Balaban J connectivity index is 1.35. The normalized spacial score (nSPS) is 13.2. The molecule has 1 aromatic heterocycles. The van der Waals surface area contributed by atoms with Crippen molar-refractivity contribution in [1.82, 2.24) is 14.8 Å². The lowest BCUT2D eigenvalue weighted by molar-refractivity contribution is -0.115. The molecule has 31 heavy (non-hydrogen) atoms. The number of anilines is 1. The van der Waals surface area contributed by atoms with Crippen LogP contribution < -0.4 is 19.5 Å². The molecule has 9 heteroatoms. The first-order valence-corrected chi connectivity index (χ1v) is 10.7. The monoisotopic (exact) mass is 440 g/mol. The number of carbonyl (C=O) groups is 1. The van der Waals surface area contributed by atoms with Crippen LogP contribution in [0.2, 0.25) is 0 Å². The van der Waals surface area contributed by atoms with Crippen molar-refractivity contribution in [2.75, 3.05) is 12.1 Å². The summed E-state index contributed by atoms with van der Waals surface area (Å²) >= 11 is 1.34. The number of carbonyl (C=O) groups excluding carboxylic acids is 1. The minimum atomic E-state index is -0.374. The van der Waals surface area contributed by atoms with Crippen LogP contribution >= 0.6 is 11.8 Å². The average Bonchev–Trinajstić information content (AvgIpc) is 3.34. The van der Waals surface area contributed by atoms with Crippen molar-refractivity contribution in [2.24, 2.45) is 7.05 Å². The van der Waals surface area contributed by atoms with Gasteiger partial charge in [0.1, 0.15) is 12.4 Å². The van der Waals surface area contributed by atoms with Crippen LogP contribution in [-0.2, 0) is 18.4 Å². The number of hydrogen-bond donors (Lipinski definition) is 1. The summed E-state index contributed by atoms with van der Waals surface area (Å²) in [5.41, 5.74) is 2.92. The fourth-order valence-electron chi connectivity index (χ4n) is 3.11. The maximum Gasteiger partial charge on any atom is 0.237 e. The Morgan fingerprint density at radius 2 is 2.00 bits per heavy atom. The van der Waals surface area contributed by atoms with Gasteiger partial charge >= 0.3 is 0 Å². The van der Waals surface area contributed by atoms with E-state index in [0.717, 1.165) is 11.3 Å². The van der Waals surface area contributed by atoms with Crippen molar-refractivity contribution in [3.05, 3.63) is 53.3 Å². The van der Waals surface area contributed by atoms with E-state index in [1.54, 1.807) is 18.2 Å². The van der Waals surface area contributed by atoms with Gasteiger partial charge in [-0.1, -0.05) is 29.5 Å². The van der Waals surface area contributed by atoms with Crippen LogP contribution in [0.4, 0.5) is 5.69 Å². The summed E-state index contributed by atoms with van der Waals surface area (Å²) in [5.74, 6) is 2.67. The molecule has 0 fully saturated rings. The van der Waals surface area contributed by atoms with E-state index in [0.29, 0.717) is 34.8 Å². The molecule has 1 amide bonds. The van der Waals surface area contributed by atoms with Gasteiger partial charge in [-0.3, -0.25) is 4.79 Å². The number of amides is 1. The van der Waals surface area contributed by atoms with Gasteiger partial charge in [0.25, 0.3) is 0 Å². The first kappa shape index (κ1) is 21.0. The smallest absolute Gasteiger partial charge is 0.237 e. The van der Waals surface area contributed by atoms with Crippen molar-refractivity contribution < 1.29 is 19.0 Å². The van der Waals surface area contributed by atoms with E-state index in [4.69, 9.17) is 14.2 Å². The van der Waals surface area contributed by atoms with Gasteiger partial charge in [0, 0.05) is 18.8 Å². The Kier molecular flexibility index (Phi) is 6.03. The van der Waals surface area contributed by atoms with Crippen molar-refractivity contribution >= 4 is 23.4 Å². The Morgan fingerprint density at radius 3 is 2.81 bits per heavy atom. The molecule has 4 rings (SSSR count). The molecule has 0 aliphatic carbocycles. The maximum absolute atomic E-state index is 12.6. The summed E-state index contributed by atoms with van der Waals surface area (Å²) in [4.78, 5) is 12.6. The quantitative estimate of drug-likeness (QED) is 0.558. The molecule has 162 valence electrons. The van der Waals surface area contributed by atoms with Gasteiger partial charge in [-0.05, 0) is 44.5 Å². The number of nitrogens with one attached hydrogen (secondary N) is 1. The zero-order chi connectivity index (χ0) is 22.0. The lowest BCUT2D eigenvalue weighted by Gasteiger charge is -2.12. The zero-order valence-corrected chi connectivity index (χ0v) is 18.7. The molecule has 1 aliphatic rings. The fourth-order valence-corrected chi connectivity index (χ4v) is 3.94. The first-order chi connectivity index (χ1) is 14.9. The van der Waals surface area contributed by atoms with Gasteiger partial charge in [-0.15, -0.1) is 10.2 Å². The van der Waals surface area contributed by atoms with Crippen molar-refractivity contribution in [3.8, 4) is 17.2 Å². The molecule has 0 unspecified atom stereocenters. The summed E-state index contributed by atoms with van der Waals surface area (Å²) in [6.07, 6.45) is 0. The van der Waals surface area contributed by atoms with Crippen LogP contribution in [0.15, 0.2) is 41.6 Å². The van der Waals surface area contributed by atoms with Crippen LogP contribution in [0.5, 0.6) is 17.2 Å². The number of benzene rings is 2. The summed E-state index contributed by atoms with van der Waals surface area (Å²) in [5, 5.41) is 11.6. The van der Waals surface area contributed by atoms with E-state index >= 15 is 0 Å². The van der Waals surface area contributed by atoms with Gasteiger partial charge < -0.3 is 24.1 Å². The molecule has 0 spiro atoms. The second-order valence-corrected chi connectivity index (χ2v) is 8.64. The van der Waals surface area contributed by atoms with E-state index in [-0.39, 0.29) is 18.0 Å². The average molecular weight is 441 g/mol. The van der Waals surface area contributed by atoms with Crippen LogP contribution in [-0.4, -0.2) is 32.7 Å². The molecule has 1 aliphatic heterocycles. The van der Waals surface area contributed by atoms with Crippen molar-refractivity contribution in [3.63, 3.8) is 0 Å². The fraction of sp³-hybridized carbons (Fsp3) is 0.318. The maximum atomic E-state index is 12.6. The third kappa shape index (κ3) is 4.77. The molecule has 8 nitrogen and oxygen atoms in total. The molecule has 2 aromatic carbocycles. The van der Waals surface area contributed by atoms with E-state index in [2.05, 4.69) is 21.6 Å². The SMILES string of the molecule is Cc1ccc(OCc2nnc(S[C@H](C)C(=O)Nc3ccc4c(c3)OCO4)n2C)c(C)c1. The molecule has 1 atom stereocenters. The lowest BCUT2D eigenvalue weighted by Crippen LogP contribution is -2.22. The summed E-state index contributed by atoms with van der Waals surface area (Å²) < 4.78 is 18.4. The zero-order valence-electron chi connectivity index (χ0n) is 17.8. The van der Waals surface area contributed by atoms with E-state index in [9.17, 15) is 4.79 Å². The molecular weight excluding hydrogens is 416 g/mol. The molecule has 3 aromatic rings. The predicted molar refractivity (Wildman–Crippen MR) is 118 cm³/mol. The third-order valence-corrected chi connectivity index (χ3v) is 6.04. The summed E-state index contributed by atoms with van der Waals surface area (Å²) in [6, 6.07) is 11.4. The minimum absolute atomic E-state index is 0.139. The highest BCUT2D eigenvalue weighted by atomic mass is 32.2. The molecular formula is C22H24N4O4S. The number of rotatable bonds is 7. The molecule has 0 saturated carbocycles. The highest BCUT2D eigenvalue weighted by molar-refractivity contribution is 8.00. The van der Waals surface area contributed by atoms with E-state index in [1.165, 1.54) is 17.3 Å². The first-order valence-electron chi connectivity index (χ1n) is 9.86. The van der Waals surface area contributed by atoms with E-state index < -0.39 is 0 Å². The number of fused-ring (bicyclic) bond motifs is 1. The Morgan fingerprint density at radius 1 is 1.19 bits per heavy atom. The minimum Gasteiger partial charge on any atom is -0.485 e. The summed E-state index contributed by atoms with van der Waals surface area (Å²) in [6.45, 7) is 6.38. The number of nitrogens with zero attached hydrogens (tertiary/aromatic N) is 3. The van der Waals surface area contributed by atoms with Gasteiger partial charge in [-0.2, -0.15) is 0 Å². The van der Waals surface area contributed by atoms with Gasteiger partial charge in [0.2, 0.25) is 12.7 Å². The molecule has 0 radical (unpaired) electrons. The Labute approximate surface area is 184 Å². The highest BCUT2D eigenvalue weighted by Gasteiger charge is 2.20. The Bertz CT molecular complexity index is 1110.